The fraction of sp³-hybridized carbons (Fsp3) is 0.455. The molecule has 0 spiro atoms. The first-order valence-corrected chi connectivity index (χ1v) is 10.7. The molecule has 0 saturated heterocycles. The first-order chi connectivity index (χ1) is 14.4. The predicted molar refractivity (Wildman–Crippen MR) is 116 cm³/mol. The molecule has 30 heavy (non-hydrogen) atoms. The summed E-state index contributed by atoms with van der Waals surface area (Å²) < 4.78 is 16.0. The Balaban J connectivity index is 1.80. The van der Waals surface area contributed by atoms with E-state index in [-0.39, 0.29) is 17.7 Å². The number of carbonyl (C=O) groups is 2. The Bertz CT molecular complexity index is 899. The Kier molecular flexibility index (Phi) is 6.87. The highest BCUT2D eigenvalue weighted by atomic mass is 32.1. The largest absolute Gasteiger partial charge is 0.493 e. The van der Waals surface area contributed by atoms with E-state index in [0.29, 0.717) is 35.9 Å². The molecule has 3 rings (SSSR count). The molecule has 2 amide bonds. The second-order valence-electron chi connectivity index (χ2n) is 7.49. The molecule has 7 nitrogen and oxygen atoms in total. The molecule has 8 heteroatoms. The van der Waals surface area contributed by atoms with E-state index in [1.165, 1.54) is 31.8 Å². The quantitative estimate of drug-likeness (QED) is 0.728. The number of rotatable bonds is 7. The summed E-state index contributed by atoms with van der Waals surface area (Å²) in [5.74, 6) is 0.684. The van der Waals surface area contributed by atoms with Crippen LogP contribution in [0.25, 0.3) is 0 Å². The summed E-state index contributed by atoms with van der Waals surface area (Å²) in [4.78, 5) is 29.4. The lowest BCUT2D eigenvalue weighted by Gasteiger charge is -2.32. The first kappa shape index (κ1) is 22.0. The normalized spacial score (nSPS) is 14.1. The Morgan fingerprint density at radius 2 is 1.77 bits per heavy atom. The summed E-state index contributed by atoms with van der Waals surface area (Å²) in [6.07, 6.45) is 0.852. The van der Waals surface area contributed by atoms with Crippen LogP contribution in [0.1, 0.15) is 34.6 Å². The van der Waals surface area contributed by atoms with Gasteiger partial charge in [0.15, 0.2) is 11.5 Å². The van der Waals surface area contributed by atoms with Crippen molar-refractivity contribution in [3.8, 4) is 17.2 Å². The highest BCUT2D eigenvalue weighted by Gasteiger charge is 2.31. The van der Waals surface area contributed by atoms with Crippen molar-refractivity contribution >= 4 is 23.2 Å². The van der Waals surface area contributed by atoms with Crippen LogP contribution >= 0.6 is 11.3 Å². The molecule has 1 aliphatic rings. The van der Waals surface area contributed by atoms with Crippen molar-refractivity contribution in [2.24, 2.45) is 5.92 Å². The van der Waals surface area contributed by atoms with Crippen LogP contribution in [0.15, 0.2) is 23.6 Å². The molecule has 0 fully saturated rings. The number of hydrogen-bond acceptors (Lipinski definition) is 6. The van der Waals surface area contributed by atoms with Crippen LogP contribution in [0.2, 0.25) is 0 Å². The molecule has 0 bridgehead atoms. The highest BCUT2D eigenvalue weighted by Crippen LogP contribution is 2.38. The van der Waals surface area contributed by atoms with Gasteiger partial charge in [0.25, 0.3) is 5.91 Å². The molecule has 2 aromatic rings. The second kappa shape index (κ2) is 9.38. The maximum atomic E-state index is 13.2. The van der Waals surface area contributed by atoms with Crippen molar-refractivity contribution < 1.29 is 23.8 Å². The molecule has 0 radical (unpaired) electrons. The number of fused-ring (bicyclic) bond motifs is 1. The van der Waals surface area contributed by atoms with E-state index < -0.39 is 6.04 Å². The third-order valence-electron chi connectivity index (χ3n) is 5.27. The number of methoxy groups -OCH3 is 3. The standard InChI is InChI=1S/C22H28N2O5S/c1-13(2)19(22(26)24-8-6-18-14(12-24)7-9-30-18)23-21(25)15-10-16(27-3)20(29-5)17(11-15)28-4/h7,9-11,13,19H,6,8,12H2,1-5H3,(H,23,25)/t19-/m1/s1. The summed E-state index contributed by atoms with van der Waals surface area (Å²) in [6, 6.07) is 4.60. The lowest BCUT2D eigenvalue weighted by molar-refractivity contribution is -0.135. The summed E-state index contributed by atoms with van der Waals surface area (Å²) in [6.45, 7) is 5.10. The van der Waals surface area contributed by atoms with Gasteiger partial charge >= 0.3 is 0 Å². The lowest BCUT2D eigenvalue weighted by atomic mass is 10.00. The number of benzene rings is 1. The van der Waals surface area contributed by atoms with Gasteiger partial charge in [0.05, 0.1) is 21.3 Å². The number of ether oxygens (including phenoxy) is 3. The van der Waals surface area contributed by atoms with E-state index in [1.54, 1.807) is 23.5 Å². The maximum Gasteiger partial charge on any atom is 0.252 e. The van der Waals surface area contributed by atoms with E-state index in [2.05, 4.69) is 16.8 Å². The van der Waals surface area contributed by atoms with Gasteiger partial charge in [0.1, 0.15) is 6.04 Å². The number of nitrogens with zero attached hydrogens (tertiary/aromatic N) is 1. The predicted octanol–water partition coefficient (Wildman–Crippen LogP) is 3.11. The van der Waals surface area contributed by atoms with Crippen LogP contribution in [0.3, 0.4) is 0 Å². The first-order valence-electron chi connectivity index (χ1n) is 9.84. The summed E-state index contributed by atoms with van der Waals surface area (Å²) in [5.41, 5.74) is 1.53. The number of amides is 2. The molecular weight excluding hydrogens is 404 g/mol. The lowest BCUT2D eigenvalue weighted by Crippen LogP contribution is -2.52. The summed E-state index contributed by atoms with van der Waals surface area (Å²) in [7, 11) is 4.49. The average molecular weight is 433 g/mol. The average Bonchev–Trinajstić information content (AvgIpc) is 3.23. The zero-order valence-electron chi connectivity index (χ0n) is 18.0. The molecule has 2 heterocycles. The van der Waals surface area contributed by atoms with Crippen molar-refractivity contribution in [3.63, 3.8) is 0 Å². The Morgan fingerprint density at radius 3 is 2.33 bits per heavy atom. The zero-order chi connectivity index (χ0) is 21.8. The fourth-order valence-electron chi connectivity index (χ4n) is 3.58. The third-order valence-corrected chi connectivity index (χ3v) is 6.29. The van der Waals surface area contributed by atoms with Gasteiger partial charge in [0.2, 0.25) is 11.7 Å². The molecule has 1 aromatic heterocycles. The molecule has 1 N–H and O–H groups in total. The Labute approximate surface area is 180 Å². The third kappa shape index (κ3) is 4.38. The van der Waals surface area contributed by atoms with E-state index in [4.69, 9.17) is 14.2 Å². The minimum absolute atomic E-state index is 0.0626. The Morgan fingerprint density at radius 1 is 1.10 bits per heavy atom. The molecule has 1 aliphatic heterocycles. The SMILES string of the molecule is COc1cc(C(=O)N[C@@H](C(=O)N2CCc3sccc3C2)C(C)C)cc(OC)c1OC. The number of nitrogens with one attached hydrogen (secondary N) is 1. The van der Waals surface area contributed by atoms with Crippen LogP contribution in [0.4, 0.5) is 0 Å². The van der Waals surface area contributed by atoms with Gasteiger partial charge in [-0.2, -0.15) is 0 Å². The molecule has 1 aromatic carbocycles. The number of hydrogen-bond donors (Lipinski definition) is 1. The van der Waals surface area contributed by atoms with E-state index in [0.717, 1.165) is 6.42 Å². The van der Waals surface area contributed by atoms with Gasteiger partial charge in [-0.3, -0.25) is 9.59 Å². The van der Waals surface area contributed by atoms with E-state index >= 15 is 0 Å². The number of carbonyl (C=O) groups excluding carboxylic acids is 2. The van der Waals surface area contributed by atoms with Crippen molar-refractivity contribution in [2.75, 3.05) is 27.9 Å². The van der Waals surface area contributed by atoms with Gasteiger partial charge in [-0.15, -0.1) is 11.3 Å². The molecule has 1 atom stereocenters. The van der Waals surface area contributed by atoms with Crippen molar-refractivity contribution in [1.29, 1.82) is 0 Å². The fourth-order valence-corrected chi connectivity index (χ4v) is 4.47. The van der Waals surface area contributed by atoms with Gasteiger partial charge < -0.3 is 24.4 Å². The zero-order valence-corrected chi connectivity index (χ0v) is 18.8. The van der Waals surface area contributed by atoms with Crippen LogP contribution in [0.5, 0.6) is 17.2 Å². The van der Waals surface area contributed by atoms with Crippen molar-refractivity contribution in [3.05, 3.63) is 39.6 Å². The molecular formula is C22H28N2O5S. The van der Waals surface area contributed by atoms with Crippen molar-refractivity contribution in [2.45, 2.75) is 32.9 Å². The molecule has 0 unspecified atom stereocenters. The van der Waals surface area contributed by atoms with Gasteiger partial charge in [-0.25, -0.2) is 0 Å². The minimum atomic E-state index is -0.628. The van der Waals surface area contributed by atoms with Crippen LogP contribution < -0.4 is 19.5 Å². The topological polar surface area (TPSA) is 77.1 Å². The van der Waals surface area contributed by atoms with Crippen LogP contribution in [-0.4, -0.2) is 50.6 Å². The molecule has 0 aliphatic carbocycles. The molecule has 0 saturated carbocycles. The summed E-state index contributed by atoms with van der Waals surface area (Å²) >= 11 is 1.73. The van der Waals surface area contributed by atoms with Gasteiger partial charge in [-0.05, 0) is 41.5 Å². The van der Waals surface area contributed by atoms with E-state index in [1.807, 2.05) is 18.7 Å². The van der Waals surface area contributed by atoms with Crippen LogP contribution in [0, 0.1) is 5.92 Å². The monoisotopic (exact) mass is 432 g/mol. The van der Waals surface area contributed by atoms with Gasteiger partial charge in [0, 0.05) is 23.5 Å². The Hall–Kier alpha value is -2.74. The summed E-state index contributed by atoms with van der Waals surface area (Å²) in [5, 5.41) is 4.97. The van der Waals surface area contributed by atoms with E-state index in [9.17, 15) is 9.59 Å². The van der Waals surface area contributed by atoms with Crippen molar-refractivity contribution in [1.82, 2.24) is 10.2 Å². The highest BCUT2D eigenvalue weighted by molar-refractivity contribution is 7.10. The minimum Gasteiger partial charge on any atom is -0.493 e. The maximum absolute atomic E-state index is 13.2. The number of thiophene rings is 1. The van der Waals surface area contributed by atoms with Gasteiger partial charge in [-0.1, -0.05) is 13.8 Å². The smallest absolute Gasteiger partial charge is 0.252 e. The van der Waals surface area contributed by atoms with Crippen LogP contribution in [-0.2, 0) is 17.8 Å². The molecule has 162 valence electrons. The second-order valence-corrected chi connectivity index (χ2v) is 8.49.